The van der Waals surface area contributed by atoms with E-state index in [1.54, 1.807) is 17.9 Å². The summed E-state index contributed by atoms with van der Waals surface area (Å²) in [5.74, 6) is 0.619. The second-order valence-corrected chi connectivity index (χ2v) is 10.9. The highest BCUT2D eigenvalue weighted by Gasteiger charge is 2.49. The molecule has 0 saturated heterocycles. The van der Waals surface area contributed by atoms with E-state index in [0.717, 1.165) is 29.7 Å². The molecular formula is C25H23FN4O3S. The number of hydrogen-bond acceptors (Lipinski definition) is 7. The summed E-state index contributed by atoms with van der Waals surface area (Å²) in [7, 11) is 0. The Morgan fingerprint density at radius 3 is 2.88 bits per heavy atom. The van der Waals surface area contributed by atoms with Gasteiger partial charge in [0, 0.05) is 18.7 Å². The molecular weight excluding hydrogens is 455 g/mol. The Morgan fingerprint density at radius 1 is 1.29 bits per heavy atom. The number of para-hydroxylation sites is 1. The third kappa shape index (κ3) is 2.89. The average Bonchev–Trinajstić information content (AvgIpc) is 3.22. The van der Waals surface area contributed by atoms with Crippen LogP contribution in [0, 0.1) is 24.6 Å². The smallest absolute Gasteiger partial charge is 0.292 e. The number of nitrogens with zero attached hydrogens (tertiary/aromatic N) is 4. The molecule has 2 fully saturated rings. The Labute approximate surface area is 199 Å². The number of aryl methyl sites for hydroxylation is 1. The molecule has 2 aromatic heterocycles. The normalized spacial score (nSPS) is 26.9. The summed E-state index contributed by atoms with van der Waals surface area (Å²) in [4.78, 5) is 29.4. The molecule has 0 spiro atoms. The number of carbonyl (C=O) groups is 1. The summed E-state index contributed by atoms with van der Waals surface area (Å²) >= 11 is 1.39. The first kappa shape index (κ1) is 20.5. The van der Waals surface area contributed by atoms with E-state index in [1.165, 1.54) is 23.0 Å². The van der Waals surface area contributed by atoms with Crippen molar-refractivity contribution in [2.24, 2.45) is 16.8 Å². The zero-order chi connectivity index (χ0) is 23.2. The Morgan fingerprint density at radius 2 is 2.15 bits per heavy atom. The molecule has 7 rings (SSSR count). The van der Waals surface area contributed by atoms with Gasteiger partial charge in [0.25, 0.3) is 5.91 Å². The summed E-state index contributed by atoms with van der Waals surface area (Å²) in [5, 5.41) is 11.1. The molecule has 2 aliphatic carbocycles. The van der Waals surface area contributed by atoms with Crippen molar-refractivity contribution in [3.8, 4) is 0 Å². The van der Waals surface area contributed by atoms with Crippen LogP contribution in [0.5, 0.6) is 0 Å². The lowest BCUT2D eigenvalue weighted by atomic mass is 9.66. The maximum Gasteiger partial charge on any atom is 0.292 e. The first-order valence-electron chi connectivity index (χ1n) is 11.8. The predicted octanol–water partition coefficient (Wildman–Crippen LogP) is 4.67. The van der Waals surface area contributed by atoms with Gasteiger partial charge < -0.3 is 14.4 Å². The third-order valence-electron chi connectivity index (χ3n) is 7.70. The monoisotopic (exact) mass is 478 g/mol. The van der Waals surface area contributed by atoms with Crippen molar-refractivity contribution < 1.29 is 18.7 Å². The number of thiazole rings is 1. The van der Waals surface area contributed by atoms with Gasteiger partial charge in [0.15, 0.2) is 0 Å². The van der Waals surface area contributed by atoms with Crippen LogP contribution in [0.1, 0.15) is 65.3 Å². The van der Waals surface area contributed by atoms with E-state index in [1.807, 2.05) is 12.3 Å². The van der Waals surface area contributed by atoms with Crippen molar-refractivity contribution in [3.05, 3.63) is 57.6 Å². The van der Waals surface area contributed by atoms with Gasteiger partial charge in [-0.2, -0.15) is 0 Å². The van der Waals surface area contributed by atoms with Crippen molar-refractivity contribution in [2.45, 2.75) is 50.7 Å². The molecule has 0 bridgehead atoms. The zero-order valence-corrected chi connectivity index (χ0v) is 19.4. The van der Waals surface area contributed by atoms with Crippen LogP contribution >= 0.6 is 11.3 Å². The number of halogens is 1. The SMILES string of the molecule is Cc1nc(C2(O)CC2)oc1C(=O)N1CCC2=C(N=CC3CCC23)[C@H]1c1nc2c(F)cccc2s1. The molecule has 4 aliphatic rings. The van der Waals surface area contributed by atoms with Crippen molar-refractivity contribution in [1.29, 1.82) is 0 Å². The van der Waals surface area contributed by atoms with Gasteiger partial charge >= 0.3 is 0 Å². The predicted molar refractivity (Wildman–Crippen MR) is 124 cm³/mol. The average molecular weight is 479 g/mol. The van der Waals surface area contributed by atoms with Gasteiger partial charge in [0.1, 0.15) is 28.0 Å². The summed E-state index contributed by atoms with van der Waals surface area (Å²) in [5.41, 5.74) is 1.88. The molecule has 9 heteroatoms. The minimum absolute atomic E-state index is 0.137. The minimum atomic E-state index is -1.06. The van der Waals surface area contributed by atoms with Crippen LogP contribution in [0.15, 0.2) is 38.9 Å². The third-order valence-corrected chi connectivity index (χ3v) is 8.77. The fraction of sp³-hybridized carbons (Fsp3) is 0.440. The van der Waals surface area contributed by atoms with Crippen LogP contribution in [0.2, 0.25) is 0 Å². The molecule has 34 heavy (non-hydrogen) atoms. The number of oxazole rings is 1. The maximum atomic E-state index is 14.5. The molecule has 3 aromatic rings. The number of aliphatic hydroxyl groups is 1. The lowest BCUT2D eigenvalue weighted by molar-refractivity contribution is 0.0627. The van der Waals surface area contributed by atoms with Crippen LogP contribution in [-0.4, -0.2) is 38.6 Å². The van der Waals surface area contributed by atoms with Crippen molar-refractivity contribution >= 4 is 33.7 Å². The first-order chi connectivity index (χ1) is 16.4. The number of amides is 1. The topological polar surface area (TPSA) is 91.8 Å². The number of aromatic nitrogens is 2. The zero-order valence-electron chi connectivity index (χ0n) is 18.6. The second-order valence-electron chi connectivity index (χ2n) is 9.79. The molecule has 4 heterocycles. The van der Waals surface area contributed by atoms with Crippen molar-refractivity contribution in [3.63, 3.8) is 0 Å². The quantitative estimate of drug-likeness (QED) is 0.591. The molecule has 1 amide bonds. The fourth-order valence-corrected chi connectivity index (χ4v) is 6.54. The Hall–Kier alpha value is -2.91. The maximum absolute atomic E-state index is 14.5. The number of aliphatic imine (C=N–C) groups is 1. The first-order valence-corrected chi connectivity index (χ1v) is 12.6. The van der Waals surface area contributed by atoms with Gasteiger partial charge in [0.2, 0.25) is 11.7 Å². The Kier molecular flexibility index (Phi) is 4.24. The number of hydrogen-bond donors (Lipinski definition) is 1. The molecule has 1 N–H and O–H groups in total. The summed E-state index contributed by atoms with van der Waals surface area (Å²) in [6.07, 6.45) is 6.21. The molecule has 2 aliphatic heterocycles. The molecule has 0 radical (unpaired) electrons. The van der Waals surface area contributed by atoms with Crippen LogP contribution in [-0.2, 0) is 5.60 Å². The lowest BCUT2D eigenvalue weighted by Gasteiger charge is -2.45. The number of fused-ring (bicyclic) bond motifs is 3. The fourth-order valence-electron chi connectivity index (χ4n) is 5.44. The minimum Gasteiger partial charge on any atom is -0.432 e. The molecule has 174 valence electrons. The Bertz CT molecular complexity index is 1420. The van der Waals surface area contributed by atoms with Gasteiger partial charge in [-0.05, 0) is 62.7 Å². The summed E-state index contributed by atoms with van der Waals surface area (Å²) in [6.45, 7) is 2.22. The number of rotatable bonds is 3. The highest BCUT2D eigenvalue weighted by Crippen LogP contribution is 2.51. The van der Waals surface area contributed by atoms with Crippen LogP contribution in [0.4, 0.5) is 4.39 Å². The number of benzene rings is 1. The number of carbonyl (C=O) groups excluding carboxylic acids is 1. The standard InChI is InChI=1S/C25H23FN4O3S/c1-12-21(33-24(28-12)25(32)8-9-25)23(31)30-10-7-15-14-6-5-13(14)11-27-18(15)20(30)22-29-19-16(26)3-2-4-17(19)34-22/h2-4,11,13-14,20,32H,5-10H2,1H3/t13?,14?,20-/m0/s1. The van der Waals surface area contributed by atoms with Crippen LogP contribution in [0.3, 0.4) is 0 Å². The summed E-state index contributed by atoms with van der Waals surface area (Å²) < 4.78 is 21.1. The molecule has 7 nitrogen and oxygen atoms in total. The van der Waals surface area contributed by atoms with Gasteiger partial charge in [-0.1, -0.05) is 6.07 Å². The van der Waals surface area contributed by atoms with Crippen molar-refractivity contribution in [2.75, 3.05) is 6.54 Å². The van der Waals surface area contributed by atoms with E-state index in [9.17, 15) is 14.3 Å². The molecule has 3 atom stereocenters. The second kappa shape index (κ2) is 7.05. The van der Waals surface area contributed by atoms with Crippen LogP contribution in [0.25, 0.3) is 10.2 Å². The lowest BCUT2D eigenvalue weighted by Crippen LogP contribution is -2.44. The van der Waals surface area contributed by atoms with Gasteiger partial charge in [-0.3, -0.25) is 9.79 Å². The van der Waals surface area contributed by atoms with E-state index in [2.05, 4.69) is 9.97 Å². The van der Waals surface area contributed by atoms with E-state index in [4.69, 9.17) is 9.41 Å². The van der Waals surface area contributed by atoms with E-state index in [0.29, 0.717) is 47.4 Å². The van der Waals surface area contributed by atoms with Gasteiger partial charge in [-0.25, -0.2) is 14.4 Å². The molecule has 2 unspecified atom stereocenters. The highest BCUT2D eigenvalue weighted by molar-refractivity contribution is 7.18. The van der Waals surface area contributed by atoms with Crippen LogP contribution < -0.4 is 0 Å². The van der Waals surface area contributed by atoms with E-state index < -0.39 is 11.6 Å². The van der Waals surface area contributed by atoms with Gasteiger partial charge in [-0.15, -0.1) is 11.3 Å². The van der Waals surface area contributed by atoms with E-state index in [-0.39, 0.29) is 23.4 Å². The molecule has 2 saturated carbocycles. The summed E-state index contributed by atoms with van der Waals surface area (Å²) in [6, 6.07) is 4.41. The Balaban J connectivity index is 1.34. The van der Waals surface area contributed by atoms with Gasteiger partial charge in [0.05, 0.1) is 16.1 Å². The highest BCUT2D eigenvalue weighted by atomic mass is 32.1. The largest absolute Gasteiger partial charge is 0.432 e. The molecule has 1 aromatic carbocycles. The van der Waals surface area contributed by atoms with Crippen molar-refractivity contribution in [1.82, 2.24) is 14.9 Å². The van der Waals surface area contributed by atoms with E-state index >= 15 is 0 Å².